The van der Waals surface area contributed by atoms with Gasteiger partial charge in [0.1, 0.15) is 5.00 Å². The van der Waals surface area contributed by atoms with Crippen LogP contribution in [0, 0.1) is 6.92 Å². The van der Waals surface area contributed by atoms with Gasteiger partial charge in [-0.15, -0.1) is 32.9 Å². The van der Waals surface area contributed by atoms with E-state index in [0.717, 1.165) is 42.1 Å². The van der Waals surface area contributed by atoms with E-state index < -0.39 is 5.97 Å². The molecule has 1 amide bonds. The molecule has 0 saturated carbocycles. The van der Waals surface area contributed by atoms with Crippen LogP contribution in [-0.4, -0.2) is 39.5 Å². The molecule has 0 aliphatic heterocycles. The molecule has 0 saturated heterocycles. The zero-order valence-electron chi connectivity index (χ0n) is 18.1. The highest BCUT2D eigenvalue weighted by Gasteiger charge is 2.19. The first-order valence-corrected chi connectivity index (χ1v) is 12.8. The Morgan fingerprint density at radius 3 is 2.74 bits per heavy atom. The smallest absolute Gasteiger partial charge is 0.340 e. The van der Waals surface area contributed by atoms with Crippen molar-refractivity contribution in [3.8, 4) is 11.4 Å². The lowest BCUT2D eigenvalue weighted by Crippen LogP contribution is -2.16. The van der Waals surface area contributed by atoms with Crippen LogP contribution in [0.15, 0.2) is 22.7 Å². The largest absolute Gasteiger partial charge is 0.465 e. The van der Waals surface area contributed by atoms with E-state index >= 15 is 0 Å². The quantitative estimate of drug-likeness (QED) is 0.316. The number of nitrogens with one attached hydrogen (secondary N) is 1. The van der Waals surface area contributed by atoms with Gasteiger partial charge in [0.15, 0.2) is 11.0 Å². The summed E-state index contributed by atoms with van der Waals surface area (Å²) < 4.78 is 6.87. The summed E-state index contributed by atoms with van der Waals surface area (Å²) in [5.41, 5.74) is 1.45. The fourth-order valence-electron chi connectivity index (χ4n) is 3.07. The monoisotopic (exact) mass is 478 g/mol. The highest BCUT2D eigenvalue weighted by molar-refractivity contribution is 7.99. The summed E-state index contributed by atoms with van der Waals surface area (Å²) in [6.07, 6.45) is 3.11. The molecule has 0 unspecified atom stereocenters. The molecule has 0 bridgehead atoms. The van der Waals surface area contributed by atoms with Crippen LogP contribution in [0.5, 0.6) is 0 Å². The molecular formula is C21H26N4O3S3. The molecule has 3 aromatic rings. The van der Waals surface area contributed by atoms with E-state index in [-0.39, 0.29) is 11.7 Å². The van der Waals surface area contributed by atoms with Crippen molar-refractivity contribution >= 4 is 51.3 Å². The molecule has 3 heterocycles. The number of thioether (sulfide) groups is 1. The van der Waals surface area contributed by atoms with Gasteiger partial charge in [0.2, 0.25) is 5.91 Å². The number of hydrogen-bond donors (Lipinski definition) is 1. The first-order chi connectivity index (χ1) is 15.0. The summed E-state index contributed by atoms with van der Waals surface area (Å²) in [5, 5.41) is 14.9. The Morgan fingerprint density at radius 2 is 2.03 bits per heavy atom. The Balaban J connectivity index is 1.71. The molecular weight excluding hydrogens is 452 g/mol. The number of esters is 1. The number of aromatic nitrogens is 3. The standard InChI is InChI=1S/C21H26N4O3S3/c1-5-7-15-10-14(11-29-15)18-23-24-21(25(18)8-6-2)30-12-17(26)22-19-16(20(27)28-4)9-13(3)31-19/h9-11H,5-8,12H2,1-4H3,(H,22,26). The molecule has 0 aliphatic carbocycles. The summed E-state index contributed by atoms with van der Waals surface area (Å²) in [5.74, 6) is 0.345. The normalized spacial score (nSPS) is 11.0. The zero-order valence-corrected chi connectivity index (χ0v) is 20.5. The van der Waals surface area contributed by atoms with Crippen molar-refractivity contribution in [1.82, 2.24) is 14.8 Å². The number of methoxy groups -OCH3 is 1. The predicted octanol–water partition coefficient (Wildman–Crippen LogP) is 5.26. The van der Waals surface area contributed by atoms with Gasteiger partial charge in [-0.05, 0) is 31.9 Å². The van der Waals surface area contributed by atoms with Gasteiger partial charge in [0.25, 0.3) is 0 Å². The van der Waals surface area contributed by atoms with Crippen molar-refractivity contribution in [1.29, 1.82) is 0 Å². The Hall–Kier alpha value is -2.17. The van der Waals surface area contributed by atoms with Crippen molar-refractivity contribution in [3.05, 3.63) is 32.8 Å². The predicted molar refractivity (Wildman–Crippen MR) is 127 cm³/mol. The average molecular weight is 479 g/mol. The van der Waals surface area contributed by atoms with E-state index in [1.54, 1.807) is 17.4 Å². The molecule has 31 heavy (non-hydrogen) atoms. The summed E-state index contributed by atoms with van der Waals surface area (Å²) in [6.45, 7) is 6.94. The fourth-order valence-corrected chi connectivity index (χ4v) is 5.72. The first-order valence-electron chi connectivity index (χ1n) is 10.1. The Labute approximate surface area is 194 Å². The molecule has 166 valence electrons. The van der Waals surface area contributed by atoms with E-state index in [1.165, 1.54) is 35.1 Å². The van der Waals surface area contributed by atoms with Crippen molar-refractivity contribution in [2.24, 2.45) is 0 Å². The first kappa shape index (κ1) is 23.5. The van der Waals surface area contributed by atoms with Gasteiger partial charge in [0, 0.05) is 27.2 Å². The molecule has 0 radical (unpaired) electrons. The molecule has 10 heteroatoms. The minimum absolute atomic E-state index is 0.171. The summed E-state index contributed by atoms with van der Waals surface area (Å²) >= 11 is 4.44. The number of aryl methyl sites for hydroxylation is 2. The molecule has 3 aromatic heterocycles. The van der Waals surface area contributed by atoms with Gasteiger partial charge in [-0.3, -0.25) is 4.79 Å². The Bertz CT molecular complexity index is 1050. The van der Waals surface area contributed by atoms with Gasteiger partial charge in [0.05, 0.1) is 18.4 Å². The van der Waals surface area contributed by atoms with Crippen LogP contribution in [0.25, 0.3) is 11.4 Å². The lowest BCUT2D eigenvalue weighted by molar-refractivity contribution is -0.113. The van der Waals surface area contributed by atoms with Crippen molar-refractivity contribution < 1.29 is 14.3 Å². The molecule has 7 nitrogen and oxygen atoms in total. The zero-order chi connectivity index (χ0) is 22.4. The maximum atomic E-state index is 12.5. The van der Waals surface area contributed by atoms with Crippen LogP contribution >= 0.6 is 34.4 Å². The summed E-state index contributed by atoms with van der Waals surface area (Å²) in [7, 11) is 1.33. The van der Waals surface area contributed by atoms with Gasteiger partial charge in [-0.2, -0.15) is 0 Å². The third-order valence-corrected chi connectivity index (χ3v) is 7.35. The van der Waals surface area contributed by atoms with Crippen molar-refractivity contribution in [2.45, 2.75) is 51.7 Å². The van der Waals surface area contributed by atoms with Gasteiger partial charge in [-0.1, -0.05) is 32.0 Å². The summed E-state index contributed by atoms with van der Waals surface area (Å²) in [6, 6.07) is 3.90. The van der Waals surface area contributed by atoms with E-state index in [4.69, 9.17) is 4.74 Å². The Morgan fingerprint density at radius 1 is 1.23 bits per heavy atom. The lowest BCUT2D eigenvalue weighted by Gasteiger charge is -2.08. The van der Waals surface area contributed by atoms with Crippen LogP contribution in [0.1, 0.15) is 46.8 Å². The van der Waals surface area contributed by atoms with Crippen LogP contribution < -0.4 is 5.32 Å². The second kappa shape index (κ2) is 10.9. The third kappa shape index (κ3) is 5.75. The minimum atomic E-state index is -0.460. The van der Waals surface area contributed by atoms with Gasteiger partial charge < -0.3 is 14.6 Å². The van der Waals surface area contributed by atoms with Crippen molar-refractivity contribution in [3.63, 3.8) is 0 Å². The van der Waals surface area contributed by atoms with E-state index in [9.17, 15) is 9.59 Å². The maximum Gasteiger partial charge on any atom is 0.340 e. The van der Waals surface area contributed by atoms with Gasteiger partial charge >= 0.3 is 5.97 Å². The van der Waals surface area contributed by atoms with Crippen LogP contribution in [0.3, 0.4) is 0 Å². The molecule has 0 spiro atoms. The number of carbonyl (C=O) groups excluding carboxylic acids is 2. The van der Waals surface area contributed by atoms with E-state index in [2.05, 4.69) is 45.4 Å². The molecule has 1 N–H and O–H groups in total. The summed E-state index contributed by atoms with van der Waals surface area (Å²) in [4.78, 5) is 26.7. The fraction of sp³-hybridized carbons (Fsp3) is 0.429. The third-order valence-electron chi connectivity index (χ3n) is 4.42. The highest BCUT2D eigenvalue weighted by atomic mass is 32.2. The number of hydrogen-bond acceptors (Lipinski definition) is 8. The number of ether oxygens (including phenoxy) is 1. The number of amides is 1. The molecule has 3 rings (SSSR count). The molecule has 0 aromatic carbocycles. The number of anilines is 1. The topological polar surface area (TPSA) is 86.1 Å². The Kier molecular flexibility index (Phi) is 8.28. The maximum absolute atomic E-state index is 12.5. The average Bonchev–Trinajstić information content (AvgIpc) is 3.45. The van der Waals surface area contributed by atoms with Gasteiger partial charge in [-0.25, -0.2) is 4.79 Å². The number of thiophene rings is 2. The molecule has 0 aliphatic rings. The van der Waals surface area contributed by atoms with Crippen LogP contribution in [0.2, 0.25) is 0 Å². The van der Waals surface area contributed by atoms with Crippen LogP contribution in [-0.2, 0) is 22.5 Å². The van der Waals surface area contributed by atoms with E-state index in [1.807, 2.05) is 6.92 Å². The number of rotatable bonds is 10. The second-order valence-electron chi connectivity index (χ2n) is 6.94. The highest BCUT2D eigenvalue weighted by Crippen LogP contribution is 2.30. The minimum Gasteiger partial charge on any atom is -0.465 e. The van der Waals surface area contributed by atoms with E-state index in [0.29, 0.717) is 15.7 Å². The van der Waals surface area contributed by atoms with Crippen molar-refractivity contribution in [2.75, 3.05) is 18.2 Å². The molecule has 0 fully saturated rings. The second-order valence-corrected chi connectivity index (χ2v) is 10.1. The number of nitrogens with zero attached hydrogens (tertiary/aromatic N) is 3. The molecule has 0 atom stereocenters. The van der Waals surface area contributed by atoms with Crippen LogP contribution in [0.4, 0.5) is 5.00 Å². The SMILES string of the molecule is CCCc1cc(-c2nnc(SCC(=O)Nc3sc(C)cc3C(=O)OC)n2CCC)cs1. The number of carbonyl (C=O) groups is 2. The lowest BCUT2D eigenvalue weighted by atomic mass is 10.2.